The Kier molecular flexibility index (Phi) is 9.53. The standard InChI is InChI=1S/C77H57NO/c1-75(2)67-40-53(50-21-19-46-13-7-9-15-48(46)37-50)23-30-59(67)62-33-27-56(43-70(62)75)78(57-28-34-63-60-31-24-54(41-68(60)76(3,4)71(63)44-57)51-22-20-47-14-8-10-16-49(47)38-51)58-29-35-64-61-32-25-55(42-69(61)77(5,6)72(64)45-58)52-26-36-74-66(39-52)65-17-11-12-18-73(65)79-74/h7-45H,1-6H3. The van der Waals surface area contributed by atoms with Gasteiger partial charge in [-0.2, -0.15) is 0 Å². The summed E-state index contributed by atoms with van der Waals surface area (Å²) in [7, 11) is 0. The fraction of sp³-hybridized carbons (Fsp3) is 0.117. The summed E-state index contributed by atoms with van der Waals surface area (Å²) < 4.78 is 6.24. The fourth-order valence-electron chi connectivity index (χ4n) is 14.2. The molecular weight excluding hydrogens is 955 g/mol. The van der Waals surface area contributed by atoms with Crippen molar-refractivity contribution in [3.8, 4) is 66.8 Å². The number of para-hydroxylation sites is 1. The molecule has 3 aliphatic carbocycles. The second-order valence-electron chi connectivity index (χ2n) is 24.1. The van der Waals surface area contributed by atoms with E-state index < -0.39 is 0 Å². The Morgan fingerprint density at radius 3 is 1.01 bits per heavy atom. The van der Waals surface area contributed by atoms with Crippen molar-refractivity contribution < 1.29 is 4.42 Å². The predicted octanol–water partition coefficient (Wildman–Crippen LogP) is 21.3. The summed E-state index contributed by atoms with van der Waals surface area (Å²) in [5.41, 5.74) is 27.9. The van der Waals surface area contributed by atoms with Gasteiger partial charge >= 0.3 is 0 Å². The summed E-state index contributed by atoms with van der Waals surface area (Å²) in [6, 6.07) is 89.1. The van der Waals surface area contributed by atoms with Crippen LogP contribution in [-0.4, -0.2) is 0 Å². The molecule has 2 nitrogen and oxygen atoms in total. The van der Waals surface area contributed by atoms with Crippen molar-refractivity contribution in [3.63, 3.8) is 0 Å². The van der Waals surface area contributed by atoms with Crippen LogP contribution in [0.25, 0.3) is 110 Å². The molecule has 12 aromatic carbocycles. The van der Waals surface area contributed by atoms with Crippen LogP contribution in [0.1, 0.15) is 74.9 Å². The number of anilines is 3. The Labute approximate surface area is 461 Å². The Balaban J connectivity index is 0.812. The Bertz CT molecular complexity index is 4580. The second kappa shape index (κ2) is 16.4. The number of hydrogen-bond donors (Lipinski definition) is 0. The highest BCUT2D eigenvalue weighted by Gasteiger charge is 2.40. The molecule has 0 aliphatic heterocycles. The number of hydrogen-bond acceptors (Lipinski definition) is 2. The van der Waals surface area contributed by atoms with Crippen molar-refractivity contribution in [1.82, 2.24) is 0 Å². The van der Waals surface area contributed by atoms with E-state index in [0.717, 1.165) is 39.0 Å². The SMILES string of the molecule is CC1(C)c2cc(-c3ccc4ccccc4c3)ccc2-c2ccc(N(c3ccc4c(c3)C(C)(C)c3cc(-c5ccc6ccccc6c5)ccc3-4)c3ccc4c(c3)C(C)(C)c3cc(-c5ccc6oc7ccccc7c6c5)ccc3-4)cc21. The van der Waals surface area contributed by atoms with Crippen LogP contribution in [0, 0.1) is 0 Å². The molecule has 3 aliphatic rings. The van der Waals surface area contributed by atoms with Gasteiger partial charge in [0.15, 0.2) is 0 Å². The van der Waals surface area contributed by atoms with E-state index >= 15 is 0 Å². The van der Waals surface area contributed by atoms with Crippen molar-refractivity contribution in [2.24, 2.45) is 0 Å². The highest BCUT2D eigenvalue weighted by Crippen LogP contribution is 2.56. The van der Waals surface area contributed by atoms with Crippen molar-refractivity contribution in [1.29, 1.82) is 0 Å². The molecule has 0 amide bonds. The topological polar surface area (TPSA) is 16.4 Å². The molecule has 0 spiro atoms. The van der Waals surface area contributed by atoms with Gasteiger partial charge in [-0.1, -0.05) is 193 Å². The number of nitrogens with zero attached hydrogens (tertiary/aromatic N) is 1. The van der Waals surface area contributed by atoms with E-state index in [0.29, 0.717) is 0 Å². The van der Waals surface area contributed by atoms with Gasteiger partial charge in [0.1, 0.15) is 11.2 Å². The number of furan rings is 1. The molecule has 0 saturated carbocycles. The lowest BCUT2D eigenvalue weighted by Gasteiger charge is -2.31. The van der Waals surface area contributed by atoms with Gasteiger partial charge in [-0.05, 0) is 207 Å². The first-order valence-electron chi connectivity index (χ1n) is 28.0. The van der Waals surface area contributed by atoms with Gasteiger partial charge in [-0.3, -0.25) is 0 Å². The molecular formula is C77H57NO. The van der Waals surface area contributed by atoms with Crippen molar-refractivity contribution in [2.75, 3.05) is 4.90 Å². The maximum atomic E-state index is 6.24. The minimum atomic E-state index is -0.260. The first kappa shape index (κ1) is 45.9. The Hall–Kier alpha value is -9.24. The zero-order chi connectivity index (χ0) is 53.1. The summed E-state index contributed by atoms with van der Waals surface area (Å²) in [6.45, 7) is 14.5. The normalized spacial score (nSPS) is 14.8. The van der Waals surface area contributed by atoms with Crippen molar-refractivity contribution in [3.05, 3.63) is 270 Å². The van der Waals surface area contributed by atoms with E-state index in [9.17, 15) is 0 Å². The maximum absolute atomic E-state index is 6.24. The lowest BCUT2D eigenvalue weighted by Crippen LogP contribution is -2.19. The highest BCUT2D eigenvalue weighted by molar-refractivity contribution is 6.06. The molecule has 0 N–H and O–H groups in total. The average molecular weight is 1010 g/mol. The molecule has 1 heterocycles. The highest BCUT2D eigenvalue weighted by atomic mass is 16.3. The Morgan fingerprint density at radius 2 is 0.570 bits per heavy atom. The molecule has 376 valence electrons. The van der Waals surface area contributed by atoms with Crippen LogP contribution in [0.4, 0.5) is 17.1 Å². The van der Waals surface area contributed by atoms with Gasteiger partial charge in [-0.25, -0.2) is 0 Å². The number of benzene rings is 12. The van der Waals surface area contributed by atoms with Gasteiger partial charge in [0.2, 0.25) is 0 Å². The number of fused-ring (bicyclic) bond motifs is 14. The maximum Gasteiger partial charge on any atom is 0.135 e. The molecule has 0 radical (unpaired) electrons. The van der Waals surface area contributed by atoms with E-state index in [1.165, 1.54) is 122 Å². The van der Waals surface area contributed by atoms with Gasteiger partial charge in [0.25, 0.3) is 0 Å². The molecule has 16 rings (SSSR count). The van der Waals surface area contributed by atoms with Crippen LogP contribution in [0.3, 0.4) is 0 Å². The third kappa shape index (κ3) is 6.77. The summed E-state index contributed by atoms with van der Waals surface area (Å²) in [6.07, 6.45) is 0. The monoisotopic (exact) mass is 1010 g/mol. The van der Waals surface area contributed by atoms with Crippen LogP contribution in [0.5, 0.6) is 0 Å². The molecule has 0 bridgehead atoms. The summed E-state index contributed by atoms with van der Waals surface area (Å²) in [5.74, 6) is 0. The minimum absolute atomic E-state index is 0.238. The molecule has 0 unspecified atom stereocenters. The van der Waals surface area contributed by atoms with Crippen LogP contribution in [0.15, 0.2) is 241 Å². The third-order valence-electron chi connectivity index (χ3n) is 18.6. The van der Waals surface area contributed by atoms with Crippen LogP contribution in [0.2, 0.25) is 0 Å². The minimum Gasteiger partial charge on any atom is -0.456 e. The smallest absolute Gasteiger partial charge is 0.135 e. The summed E-state index contributed by atoms with van der Waals surface area (Å²) in [5, 5.41) is 7.35. The van der Waals surface area contributed by atoms with Crippen molar-refractivity contribution >= 4 is 60.5 Å². The molecule has 79 heavy (non-hydrogen) atoms. The predicted molar refractivity (Wildman–Crippen MR) is 332 cm³/mol. The zero-order valence-electron chi connectivity index (χ0n) is 45.4. The van der Waals surface area contributed by atoms with Gasteiger partial charge in [-0.15, -0.1) is 0 Å². The van der Waals surface area contributed by atoms with E-state index in [4.69, 9.17) is 4.42 Å². The van der Waals surface area contributed by atoms with Crippen LogP contribution < -0.4 is 4.90 Å². The van der Waals surface area contributed by atoms with Crippen LogP contribution >= 0.6 is 0 Å². The largest absolute Gasteiger partial charge is 0.456 e. The molecule has 0 atom stereocenters. The lowest BCUT2D eigenvalue weighted by molar-refractivity contribution is 0.659. The number of rotatable bonds is 6. The van der Waals surface area contributed by atoms with E-state index in [1.807, 2.05) is 6.07 Å². The average Bonchev–Trinajstić information content (AvgIpc) is 4.34. The first-order valence-corrected chi connectivity index (χ1v) is 28.0. The first-order chi connectivity index (χ1) is 38.4. The quantitative estimate of drug-likeness (QED) is 0.165. The molecule has 0 saturated heterocycles. The van der Waals surface area contributed by atoms with Gasteiger partial charge in [0, 0.05) is 44.1 Å². The molecule has 1 aromatic heterocycles. The summed E-state index contributed by atoms with van der Waals surface area (Å²) in [4.78, 5) is 2.54. The van der Waals surface area contributed by atoms with E-state index in [2.05, 4.69) is 277 Å². The second-order valence-corrected chi connectivity index (χ2v) is 24.1. The van der Waals surface area contributed by atoms with Gasteiger partial charge in [0.05, 0.1) is 0 Å². The van der Waals surface area contributed by atoms with E-state index in [-0.39, 0.29) is 16.2 Å². The van der Waals surface area contributed by atoms with E-state index in [1.54, 1.807) is 0 Å². The fourth-order valence-corrected chi connectivity index (χ4v) is 14.2. The molecule has 2 heteroatoms. The molecule has 13 aromatic rings. The summed E-state index contributed by atoms with van der Waals surface area (Å²) >= 11 is 0. The lowest BCUT2D eigenvalue weighted by atomic mass is 9.80. The molecule has 0 fully saturated rings. The van der Waals surface area contributed by atoms with Gasteiger partial charge < -0.3 is 9.32 Å². The van der Waals surface area contributed by atoms with Crippen LogP contribution in [-0.2, 0) is 16.2 Å². The van der Waals surface area contributed by atoms with Crippen molar-refractivity contribution in [2.45, 2.75) is 57.8 Å². The third-order valence-corrected chi connectivity index (χ3v) is 18.6. The zero-order valence-corrected chi connectivity index (χ0v) is 45.4. The Morgan fingerprint density at radius 1 is 0.253 bits per heavy atom.